The number of carbonyl (C=O) groups excluding carboxylic acids is 2. The number of hydrogen-bond donors (Lipinski definition) is 2. The highest BCUT2D eigenvalue weighted by Crippen LogP contribution is 2.30. The van der Waals surface area contributed by atoms with E-state index in [1.165, 1.54) is 11.3 Å². The van der Waals surface area contributed by atoms with Crippen molar-refractivity contribution in [2.75, 3.05) is 0 Å². The maximum Gasteiger partial charge on any atom is 0.227 e. The molecular weight excluding hydrogens is 286 g/mol. The summed E-state index contributed by atoms with van der Waals surface area (Å²) >= 11 is 1.52. The van der Waals surface area contributed by atoms with Crippen LogP contribution in [0.3, 0.4) is 0 Å². The first-order chi connectivity index (χ1) is 10.1. The standard InChI is InChI=1S/C15H19N3O2S/c16-13(19)9-3-1-2-6-10(14(17)20)15-18-11-7-4-5-8-12(11)21-15/h4-5,7-8,10H,1-3,6,9H2,(H2,16,19)(H2,17,20). The molecule has 1 unspecified atom stereocenters. The maximum atomic E-state index is 11.7. The van der Waals surface area contributed by atoms with E-state index >= 15 is 0 Å². The van der Waals surface area contributed by atoms with Crippen molar-refractivity contribution in [2.45, 2.75) is 38.0 Å². The van der Waals surface area contributed by atoms with Gasteiger partial charge in [0.2, 0.25) is 11.8 Å². The molecule has 0 spiro atoms. The largest absolute Gasteiger partial charge is 0.370 e. The van der Waals surface area contributed by atoms with Crippen LogP contribution >= 0.6 is 11.3 Å². The zero-order chi connectivity index (χ0) is 15.2. The van der Waals surface area contributed by atoms with Crippen LogP contribution in [-0.4, -0.2) is 16.8 Å². The van der Waals surface area contributed by atoms with Gasteiger partial charge >= 0.3 is 0 Å². The van der Waals surface area contributed by atoms with Crippen molar-refractivity contribution in [3.05, 3.63) is 29.3 Å². The summed E-state index contributed by atoms with van der Waals surface area (Å²) in [6.45, 7) is 0. The van der Waals surface area contributed by atoms with Crippen LogP contribution in [0, 0.1) is 0 Å². The predicted molar refractivity (Wildman–Crippen MR) is 83.8 cm³/mol. The lowest BCUT2D eigenvalue weighted by Gasteiger charge is -2.09. The Morgan fingerprint density at radius 1 is 1.14 bits per heavy atom. The van der Waals surface area contributed by atoms with E-state index in [0.717, 1.165) is 34.5 Å². The zero-order valence-electron chi connectivity index (χ0n) is 11.7. The average molecular weight is 305 g/mol. The Bertz CT molecular complexity index is 606. The van der Waals surface area contributed by atoms with Crippen LogP contribution in [-0.2, 0) is 9.59 Å². The van der Waals surface area contributed by atoms with Crippen molar-refractivity contribution in [3.63, 3.8) is 0 Å². The molecule has 0 bridgehead atoms. The highest BCUT2D eigenvalue weighted by atomic mass is 32.1. The second kappa shape index (κ2) is 7.17. The minimum absolute atomic E-state index is 0.285. The number of benzene rings is 1. The highest BCUT2D eigenvalue weighted by Gasteiger charge is 2.21. The molecule has 0 aliphatic rings. The number of amides is 2. The number of primary amides is 2. The van der Waals surface area contributed by atoms with Gasteiger partial charge in [-0.2, -0.15) is 0 Å². The molecule has 1 aromatic heterocycles. The third kappa shape index (κ3) is 4.26. The summed E-state index contributed by atoms with van der Waals surface area (Å²) in [4.78, 5) is 26.8. The summed E-state index contributed by atoms with van der Waals surface area (Å²) in [5.41, 5.74) is 11.5. The SMILES string of the molecule is NC(=O)CCCCCC(C(N)=O)c1nc2ccccc2s1. The molecule has 0 saturated heterocycles. The first-order valence-corrected chi connectivity index (χ1v) is 7.82. The second-order valence-corrected chi connectivity index (χ2v) is 6.10. The number of thiazole rings is 1. The van der Waals surface area contributed by atoms with Crippen molar-refractivity contribution < 1.29 is 9.59 Å². The molecule has 0 fully saturated rings. The number of nitrogens with two attached hydrogens (primary N) is 2. The van der Waals surface area contributed by atoms with Crippen molar-refractivity contribution in [1.29, 1.82) is 0 Å². The summed E-state index contributed by atoms with van der Waals surface area (Å²) < 4.78 is 1.06. The van der Waals surface area contributed by atoms with E-state index in [0.29, 0.717) is 12.8 Å². The third-order valence-electron chi connectivity index (χ3n) is 3.37. The first kappa shape index (κ1) is 15.4. The lowest BCUT2D eigenvalue weighted by molar-refractivity contribution is -0.120. The van der Waals surface area contributed by atoms with Gasteiger partial charge in [0.1, 0.15) is 5.01 Å². The van der Waals surface area contributed by atoms with E-state index < -0.39 is 0 Å². The monoisotopic (exact) mass is 305 g/mol. The number of carbonyl (C=O) groups is 2. The van der Waals surface area contributed by atoms with Crippen LogP contribution < -0.4 is 11.5 Å². The van der Waals surface area contributed by atoms with Gasteiger partial charge in [-0.1, -0.05) is 25.0 Å². The van der Waals surface area contributed by atoms with Gasteiger partial charge in [0.25, 0.3) is 0 Å². The molecule has 0 saturated carbocycles. The van der Waals surface area contributed by atoms with Crippen LogP contribution in [0.15, 0.2) is 24.3 Å². The number of para-hydroxylation sites is 1. The number of nitrogens with zero attached hydrogens (tertiary/aromatic N) is 1. The molecule has 112 valence electrons. The fourth-order valence-corrected chi connectivity index (χ4v) is 3.36. The Morgan fingerprint density at radius 3 is 2.57 bits per heavy atom. The number of unbranched alkanes of at least 4 members (excludes halogenated alkanes) is 2. The van der Waals surface area contributed by atoms with Crippen molar-refractivity contribution >= 4 is 33.4 Å². The summed E-state index contributed by atoms with van der Waals surface area (Å²) in [5.74, 6) is -0.979. The summed E-state index contributed by atoms with van der Waals surface area (Å²) in [7, 11) is 0. The molecule has 5 nitrogen and oxygen atoms in total. The summed E-state index contributed by atoms with van der Waals surface area (Å²) in [6, 6.07) is 7.80. The Morgan fingerprint density at radius 2 is 1.90 bits per heavy atom. The van der Waals surface area contributed by atoms with Gasteiger partial charge in [0.05, 0.1) is 16.1 Å². The first-order valence-electron chi connectivity index (χ1n) is 7.01. The lowest BCUT2D eigenvalue weighted by Crippen LogP contribution is -2.21. The smallest absolute Gasteiger partial charge is 0.227 e. The van der Waals surface area contributed by atoms with Gasteiger partial charge in [0.15, 0.2) is 0 Å². The van der Waals surface area contributed by atoms with Crippen LogP contribution in [0.1, 0.15) is 43.0 Å². The molecule has 1 aromatic carbocycles. The molecule has 2 rings (SSSR count). The summed E-state index contributed by atoms with van der Waals surface area (Å²) in [5, 5.41) is 0.776. The van der Waals surface area contributed by atoms with E-state index in [1.54, 1.807) is 0 Å². The molecule has 2 aromatic rings. The Labute approximate surface area is 127 Å². The minimum atomic E-state index is -0.351. The maximum absolute atomic E-state index is 11.7. The van der Waals surface area contributed by atoms with Gasteiger partial charge in [0, 0.05) is 6.42 Å². The molecule has 4 N–H and O–H groups in total. The van der Waals surface area contributed by atoms with E-state index in [4.69, 9.17) is 11.5 Å². The lowest BCUT2D eigenvalue weighted by atomic mass is 10.0. The fraction of sp³-hybridized carbons (Fsp3) is 0.400. The Balaban J connectivity index is 1.98. The summed E-state index contributed by atoms with van der Waals surface area (Å²) in [6.07, 6.45) is 3.49. The van der Waals surface area contributed by atoms with Crippen LogP contribution in [0.4, 0.5) is 0 Å². The molecule has 0 aliphatic carbocycles. The van der Waals surface area contributed by atoms with E-state index in [1.807, 2.05) is 24.3 Å². The van der Waals surface area contributed by atoms with E-state index in [9.17, 15) is 9.59 Å². The van der Waals surface area contributed by atoms with Gasteiger partial charge in [-0.05, 0) is 25.0 Å². The second-order valence-electron chi connectivity index (χ2n) is 5.04. The van der Waals surface area contributed by atoms with E-state index in [-0.39, 0.29) is 17.7 Å². The fourth-order valence-electron chi connectivity index (χ4n) is 2.25. The number of hydrogen-bond acceptors (Lipinski definition) is 4. The van der Waals surface area contributed by atoms with Crippen molar-refractivity contribution in [3.8, 4) is 0 Å². The van der Waals surface area contributed by atoms with Crippen molar-refractivity contribution in [1.82, 2.24) is 4.98 Å². The number of fused-ring (bicyclic) bond motifs is 1. The molecule has 6 heteroatoms. The molecule has 0 radical (unpaired) electrons. The minimum Gasteiger partial charge on any atom is -0.370 e. The van der Waals surface area contributed by atoms with Crippen LogP contribution in [0.2, 0.25) is 0 Å². The topological polar surface area (TPSA) is 99.1 Å². The molecular formula is C15H19N3O2S. The average Bonchev–Trinajstić information content (AvgIpc) is 2.85. The Kier molecular flexibility index (Phi) is 5.27. The third-order valence-corrected chi connectivity index (χ3v) is 4.52. The quantitative estimate of drug-likeness (QED) is 0.732. The van der Waals surface area contributed by atoms with Crippen LogP contribution in [0.5, 0.6) is 0 Å². The Hall–Kier alpha value is -1.95. The van der Waals surface area contributed by atoms with Gasteiger partial charge < -0.3 is 11.5 Å². The number of aromatic nitrogens is 1. The molecule has 21 heavy (non-hydrogen) atoms. The van der Waals surface area contributed by atoms with Gasteiger partial charge in [-0.15, -0.1) is 11.3 Å². The van der Waals surface area contributed by atoms with Crippen molar-refractivity contribution in [2.24, 2.45) is 11.5 Å². The molecule has 1 heterocycles. The predicted octanol–water partition coefficient (Wildman–Crippen LogP) is 2.30. The molecule has 2 amide bonds. The van der Waals surface area contributed by atoms with Crippen LogP contribution in [0.25, 0.3) is 10.2 Å². The zero-order valence-corrected chi connectivity index (χ0v) is 12.6. The van der Waals surface area contributed by atoms with Gasteiger partial charge in [-0.3, -0.25) is 9.59 Å². The van der Waals surface area contributed by atoms with E-state index in [2.05, 4.69) is 4.98 Å². The highest BCUT2D eigenvalue weighted by molar-refractivity contribution is 7.18. The molecule has 1 atom stereocenters. The number of rotatable bonds is 8. The van der Waals surface area contributed by atoms with Gasteiger partial charge in [-0.25, -0.2) is 4.98 Å². The molecule has 0 aliphatic heterocycles. The normalized spacial score (nSPS) is 12.4.